The Labute approximate surface area is 160 Å². The lowest BCUT2D eigenvalue weighted by atomic mass is 10.1. The molecule has 27 heavy (non-hydrogen) atoms. The molecule has 0 unspecified atom stereocenters. The van der Waals surface area contributed by atoms with Crippen molar-refractivity contribution in [2.75, 3.05) is 7.11 Å². The van der Waals surface area contributed by atoms with Crippen molar-refractivity contribution < 1.29 is 19.1 Å². The minimum atomic E-state index is -0.457. The predicted molar refractivity (Wildman–Crippen MR) is 104 cm³/mol. The number of hydrogen-bond acceptors (Lipinski definition) is 6. The van der Waals surface area contributed by atoms with E-state index >= 15 is 0 Å². The Morgan fingerprint density at radius 1 is 1.07 bits per heavy atom. The van der Waals surface area contributed by atoms with Crippen LogP contribution in [0.1, 0.15) is 21.6 Å². The molecule has 0 aliphatic carbocycles. The number of carbonyl (C=O) groups is 2. The first-order valence-corrected chi connectivity index (χ1v) is 9.07. The summed E-state index contributed by atoms with van der Waals surface area (Å²) in [5, 5.41) is 2.77. The molecule has 0 spiro atoms. The van der Waals surface area contributed by atoms with Crippen LogP contribution in [-0.2, 0) is 20.9 Å². The Hall–Kier alpha value is -3.25. The zero-order valence-corrected chi connectivity index (χ0v) is 15.4. The van der Waals surface area contributed by atoms with Gasteiger partial charge in [-0.15, -0.1) is 11.3 Å². The van der Waals surface area contributed by atoms with Crippen LogP contribution in [0.4, 0.5) is 0 Å². The first-order valence-electron chi connectivity index (χ1n) is 8.19. The Bertz CT molecular complexity index is 946. The van der Waals surface area contributed by atoms with Crippen molar-refractivity contribution in [1.29, 1.82) is 0 Å². The maximum absolute atomic E-state index is 11.9. The molecule has 0 bridgehead atoms. The SMILES string of the molecule is COC(=O)c1ccc(/C=C/C(=O)OCc2csc(-c3ccccc3)n2)cc1. The van der Waals surface area contributed by atoms with Gasteiger partial charge in [-0.2, -0.15) is 0 Å². The van der Waals surface area contributed by atoms with Gasteiger partial charge < -0.3 is 9.47 Å². The third-order valence-corrected chi connectivity index (χ3v) is 4.62. The fourth-order valence-electron chi connectivity index (χ4n) is 2.29. The van der Waals surface area contributed by atoms with Gasteiger partial charge in [0.2, 0.25) is 0 Å². The molecule has 2 aromatic carbocycles. The van der Waals surface area contributed by atoms with E-state index in [9.17, 15) is 9.59 Å². The molecule has 3 aromatic rings. The van der Waals surface area contributed by atoms with Crippen LogP contribution in [0, 0.1) is 0 Å². The summed E-state index contributed by atoms with van der Waals surface area (Å²) in [6, 6.07) is 16.6. The van der Waals surface area contributed by atoms with Crippen LogP contribution in [0.15, 0.2) is 66.1 Å². The highest BCUT2D eigenvalue weighted by molar-refractivity contribution is 7.13. The minimum absolute atomic E-state index is 0.119. The second-order valence-electron chi connectivity index (χ2n) is 5.56. The van der Waals surface area contributed by atoms with Crippen molar-refractivity contribution in [2.24, 2.45) is 0 Å². The van der Waals surface area contributed by atoms with E-state index in [1.807, 2.05) is 35.7 Å². The summed E-state index contributed by atoms with van der Waals surface area (Å²) in [6.07, 6.45) is 2.97. The lowest BCUT2D eigenvalue weighted by Crippen LogP contribution is -2.01. The molecule has 0 N–H and O–H groups in total. The fraction of sp³-hybridized carbons (Fsp3) is 0.0952. The smallest absolute Gasteiger partial charge is 0.337 e. The highest BCUT2D eigenvalue weighted by Gasteiger charge is 2.07. The maximum Gasteiger partial charge on any atom is 0.337 e. The first-order chi connectivity index (χ1) is 13.2. The van der Waals surface area contributed by atoms with Crippen LogP contribution < -0.4 is 0 Å². The number of benzene rings is 2. The zero-order valence-electron chi connectivity index (χ0n) is 14.6. The summed E-state index contributed by atoms with van der Waals surface area (Å²) >= 11 is 1.51. The van der Waals surface area contributed by atoms with Gasteiger partial charge in [0.15, 0.2) is 0 Å². The van der Waals surface area contributed by atoms with Crippen LogP contribution >= 0.6 is 11.3 Å². The summed E-state index contributed by atoms with van der Waals surface area (Å²) in [7, 11) is 1.33. The summed E-state index contributed by atoms with van der Waals surface area (Å²) in [5.74, 6) is -0.857. The van der Waals surface area contributed by atoms with Gasteiger partial charge in [-0.1, -0.05) is 42.5 Å². The van der Waals surface area contributed by atoms with Gasteiger partial charge in [-0.25, -0.2) is 14.6 Å². The second kappa shape index (κ2) is 8.91. The van der Waals surface area contributed by atoms with Crippen molar-refractivity contribution in [3.8, 4) is 10.6 Å². The Balaban J connectivity index is 1.53. The third kappa shape index (κ3) is 5.12. The molecule has 0 saturated heterocycles. The molecule has 5 nitrogen and oxygen atoms in total. The van der Waals surface area contributed by atoms with Crippen molar-refractivity contribution in [3.05, 3.63) is 82.9 Å². The number of rotatable bonds is 6. The maximum atomic E-state index is 11.9. The van der Waals surface area contributed by atoms with Gasteiger partial charge in [-0.3, -0.25) is 0 Å². The van der Waals surface area contributed by atoms with Crippen LogP contribution in [0.3, 0.4) is 0 Å². The van der Waals surface area contributed by atoms with Crippen molar-refractivity contribution in [2.45, 2.75) is 6.61 Å². The normalized spacial score (nSPS) is 10.7. The summed E-state index contributed by atoms with van der Waals surface area (Å²) < 4.78 is 9.86. The Morgan fingerprint density at radius 3 is 2.52 bits per heavy atom. The fourth-order valence-corrected chi connectivity index (χ4v) is 3.10. The topological polar surface area (TPSA) is 65.5 Å². The van der Waals surface area contributed by atoms with E-state index < -0.39 is 11.9 Å². The number of esters is 2. The molecule has 1 aromatic heterocycles. The van der Waals surface area contributed by atoms with Crippen LogP contribution in [0.25, 0.3) is 16.6 Å². The van der Waals surface area contributed by atoms with E-state index in [-0.39, 0.29) is 6.61 Å². The number of aromatic nitrogens is 1. The number of carbonyl (C=O) groups excluding carboxylic acids is 2. The highest BCUT2D eigenvalue weighted by Crippen LogP contribution is 2.23. The van der Waals surface area contributed by atoms with E-state index in [2.05, 4.69) is 9.72 Å². The molecule has 136 valence electrons. The molecule has 1 heterocycles. The third-order valence-electron chi connectivity index (χ3n) is 3.68. The quantitative estimate of drug-likeness (QED) is 0.470. The first kappa shape index (κ1) is 18.5. The molecule has 0 aliphatic rings. The summed E-state index contributed by atoms with van der Waals surface area (Å²) in [4.78, 5) is 27.7. The van der Waals surface area contributed by atoms with Crippen LogP contribution in [0.5, 0.6) is 0 Å². The lowest BCUT2D eigenvalue weighted by molar-refractivity contribution is -0.139. The van der Waals surface area contributed by atoms with Gasteiger partial charge in [0, 0.05) is 17.0 Å². The predicted octanol–water partition coefficient (Wildman–Crippen LogP) is 4.35. The molecule has 6 heteroatoms. The van der Waals surface area contributed by atoms with E-state index in [4.69, 9.17) is 4.74 Å². The van der Waals surface area contributed by atoms with E-state index in [1.165, 1.54) is 24.5 Å². The van der Waals surface area contributed by atoms with Gasteiger partial charge in [-0.05, 0) is 23.8 Å². The van der Waals surface area contributed by atoms with E-state index in [0.29, 0.717) is 11.3 Å². The van der Waals surface area contributed by atoms with Crippen LogP contribution in [0.2, 0.25) is 0 Å². The molecule has 0 fully saturated rings. The molecule has 0 radical (unpaired) electrons. The molecular weight excluding hydrogens is 362 g/mol. The van der Waals surface area contributed by atoms with Gasteiger partial charge in [0.1, 0.15) is 11.6 Å². The van der Waals surface area contributed by atoms with Crippen LogP contribution in [-0.4, -0.2) is 24.0 Å². The number of thiazole rings is 1. The van der Waals surface area contributed by atoms with Crippen molar-refractivity contribution >= 4 is 29.4 Å². The summed E-state index contributed by atoms with van der Waals surface area (Å²) in [5.41, 5.74) is 2.98. The number of hydrogen-bond donors (Lipinski definition) is 0. The average molecular weight is 379 g/mol. The van der Waals surface area contributed by atoms with Gasteiger partial charge >= 0.3 is 11.9 Å². The monoisotopic (exact) mass is 379 g/mol. The summed E-state index contributed by atoms with van der Waals surface area (Å²) in [6.45, 7) is 0.119. The zero-order chi connectivity index (χ0) is 19.1. The highest BCUT2D eigenvalue weighted by atomic mass is 32.1. The standard InChI is InChI=1S/C21H17NO4S/c1-25-21(24)17-10-7-15(8-11-17)9-12-19(23)26-13-18-14-27-20(22-18)16-5-3-2-4-6-16/h2-12,14H,13H2,1H3/b12-9+. The number of methoxy groups -OCH3 is 1. The van der Waals surface area contributed by atoms with Crippen molar-refractivity contribution in [3.63, 3.8) is 0 Å². The Kier molecular flexibility index (Phi) is 6.12. The molecule has 3 rings (SSSR count). The van der Waals surface area contributed by atoms with Gasteiger partial charge in [0.25, 0.3) is 0 Å². The van der Waals surface area contributed by atoms with Gasteiger partial charge in [0.05, 0.1) is 18.4 Å². The molecule has 0 amide bonds. The minimum Gasteiger partial charge on any atom is -0.465 e. The largest absolute Gasteiger partial charge is 0.465 e. The second-order valence-corrected chi connectivity index (χ2v) is 6.42. The molecule has 0 aliphatic heterocycles. The Morgan fingerprint density at radius 2 is 1.81 bits per heavy atom. The van der Waals surface area contributed by atoms with E-state index in [0.717, 1.165) is 16.1 Å². The van der Waals surface area contributed by atoms with E-state index in [1.54, 1.807) is 30.3 Å². The number of nitrogens with zero attached hydrogens (tertiary/aromatic N) is 1. The average Bonchev–Trinajstić information content (AvgIpc) is 3.20. The number of ether oxygens (including phenoxy) is 2. The molecule has 0 saturated carbocycles. The molecular formula is C21H17NO4S. The molecule has 0 atom stereocenters. The lowest BCUT2D eigenvalue weighted by Gasteiger charge is -2.00. The van der Waals surface area contributed by atoms with Crippen molar-refractivity contribution in [1.82, 2.24) is 4.98 Å².